The summed E-state index contributed by atoms with van der Waals surface area (Å²) in [5.74, 6) is 1.54. The van der Waals surface area contributed by atoms with Crippen LogP contribution in [-0.2, 0) is 0 Å². The number of rotatable bonds is 4. The predicted molar refractivity (Wildman–Crippen MR) is 211 cm³/mol. The summed E-state index contributed by atoms with van der Waals surface area (Å²) < 4.78 is 0. The topological polar surface area (TPSA) is 36.8 Å². The van der Waals surface area contributed by atoms with Crippen molar-refractivity contribution in [3.8, 4) is 11.1 Å². The average molecular weight is 638 g/mol. The van der Waals surface area contributed by atoms with Crippen LogP contribution in [0.25, 0.3) is 65.0 Å². The van der Waals surface area contributed by atoms with Gasteiger partial charge in [-0.3, -0.25) is 0 Å². The second kappa shape index (κ2) is 11.5. The van der Waals surface area contributed by atoms with Gasteiger partial charge in [0.15, 0.2) is 5.84 Å². The molecule has 3 nitrogen and oxygen atoms in total. The third-order valence-electron chi connectivity index (χ3n) is 10.1. The summed E-state index contributed by atoms with van der Waals surface area (Å²) in [5.41, 5.74) is 5.60. The first-order valence-electron chi connectivity index (χ1n) is 17.1. The van der Waals surface area contributed by atoms with Crippen molar-refractivity contribution in [2.24, 2.45) is 9.98 Å². The van der Waals surface area contributed by atoms with Gasteiger partial charge in [0.2, 0.25) is 0 Å². The minimum absolute atomic E-state index is 0.290. The van der Waals surface area contributed by atoms with Gasteiger partial charge in [-0.2, -0.15) is 0 Å². The third kappa shape index (κ3) is 4.59. The van der Waals surface area contributed by atoms with E-state index >= 15 is 0 Å². The zero-order chi connectivity index (χ0) is 33.0. The second-order valence-electron chi connectivity index (χ2n) is 13.0. The van der Waals surface area contributed by atoms with E-state index in [1.807, 2.05) is 24.3 Å². The van der Waals surface area contributed by atoms with Crippen molar-refractivity contribution in [3.05, 3.63) is 193 Å². The van der Waals surface area contributed by atoms with Crippen LogP contribution in [0.2, 0.25) is 0 Å². The molecule has 1 aliphatic rings. The molecule has 234 valence electrons. The fraction of sp³-hybridized carbons (Fsp3) is 0.0213. The van der Waals surface area contributed by atoms with Crippen LogP contribution in [-0.4, -0.2) is 11.7 Å². The van der Waals surface area contributed by atoms with E-state index in [4.69, 9.17) is 9.98 Å². The van der Waals surface area contributed by atoms with Crippen LogP contribution in [0.1, 0.15) is 22.9 Å². The van der Waals surface area contributed by atoms with Gasteiger partial charge in [-0.05, 0) is 76.6 Å². The summed E-state index contributed by atoms with van der Waals surface area (Å²) in [6, 6.07) is 62.9. The molecule has 1 heterocycles. The van der Waals surface area contributed by atoms with Crippen LogP contribution in [0.3, 0.4) is 0 Å². The zero-order valence-electron chi connectivity index (χ0n) is 27.2. The van der Waals surface area contributed by atoms with Crippen LogP contribution in [0.4, 0.5) is 0 Å². The molecule has 0 saturated heterocycles. The first kappa shape index (κ1) is 28.4. The van der Waals surface area contributed by atoms with Gasteiger partial charge in [0.1, 0.15) is 12.0 Å². The lowest BCUT2D eigenvalue weighted by Gasteiger charge is -2.26. The Morgan fingerprint density at radius 1 is 0.400 bits per heavy atom. The second-order valence-corrected chi connectivity index (χ2v) is 13.0. The van der Waals surface area contributed by atoms with Crippen molar-refractivity contribution in [2.45, 2.75) is 6.17 Å². The largest absolute Gasteiger partial charge is 0.344 e. The van der Waals surface area contributed by atoms with Crippen molar-refractivity contribution >= 4 is 65.5 Å². The molecule has 0 saturated carbocycles. The number of aliphatic imine (C=N–C) groups is 2. The number of hydrogen-bond donors (Lipinski definition) is 1. The molecule has 10 rings (SSSR count). The average Bonchev–Trinajstić information content (AvgIpc) is 3.20. The molecular formula is C47H31N3. The summed E-state index contributed by atoms with van der Waals surface area (Å²) in [7, 11) is 0. The Morgan fingerprint density at radius 3 is 1.72 bits per heavy atom. The lowest BCUT2D eigenvalue weighted by Crippen LogP contribution is -2.34. The molecule has 1 unspecified atom stereocenters. The van der Waals surface area contributed by atoms with Gasteiger partial charge in [0.05, 0.1) is 0 Å². The van der Waals surface area contributed by atoms with E-state index < -0.39 is 0 Å². The van der Waals surface area contributed by atoms with Gasteiger partial charge in [0.25, 0.3) is 0 Å². The molecule has 0 aliphatic carbocycles. The fourth-order valence-electron chi connectivity index (χ4n) is 7.76. The van der Waals surface area contributed by atoms with Gasteiger partial charge >= 0.3 is 0 Å². The Balaban J connectivity index is 1.31. The summed E-state index contributed by atoms with van der Waals surface area (Å²) in [4.78, 5) is 10.5. The lowest BCUT2D eigenvalue weighted by atomic mass is 9.85. The molecule has 1 atom stereocenters. The Labute approximate surface area is 289 Å². The van der Waals surface area contributed by atoms with Crippen molar-refractivity contribution in [2.75, 3.05) is 0 Å². The Bertz CT molecular complexity index is 2830. The molecule has 1 aliphatic heterocycles. The molecule has 0 bridgehead atoms. The first-order chi connectivity index (χ1) is 24.8. The van der Waals surface area contributed by atoms with Crippen LogP contribution in [0, 0.1) is 0 Å². The molecule has 9 aromatic carbocycles. The van der Waals surface area contributed by atoms with Crippen LogP contribution in [0.15, 0.2) is 186 Å². The molecule has 0 aromatic heterocycles. The molecule has 1 N–H and O–H groups in total. The van der Waals surface area contributed by atoms with E-state index in [1.54, 1.807) is 0 Å². The van der Waals surface area contributed by atoms with Gasteiger partial charge in [0, 0.05) is 11.1 Å². The predicted octanol–water partition coefficient (Wildman–Crippen LogP) is 11.6. The zero-order valence-corrected chi connectivity index (χ0v) is 27.2. The normalized spacial score (nSPS) is 14.6. The molecule has 50 heavy (non-hydrogen) atoms. The van der Waals surface area contributed by atoms with Crippen molar-refractivity contribution in [3.63, 3.8) is 0 Å². The van der Waals surface area contributed by atoms with Crippen LogP contribution in [0.5, 0.6) is 0 Å². The molecule has 0 amide bonds. The van der Waals surface area contributed by atoms with E-state index in [0.717, 1.165) is 39.1 Å². The van der Waals surface area contributed by atoms with E-state index in [9.17, 15) is 0 Å². The number of nitrogens with zero attached hydrogens (tertiary/aromatic N) is 2. The summed E-state index contributed by atoms with van der Waals surface area (Å²) >= 11 is 0. The third-order valence-corrected chi connectivity index (χ3v) is 10.1. The summed E-state index contributed by atoms with van der Waals surface area (Å²) in [6.07, 6.45) is -0.290. The number of fused-ring (bicyclic) bond motifs is 7. The maximum absolute atomic E-state index is 5.31. The number of hydrogen-bond acceptors (Lipinski definition) is 3. The lowest BCUT2D eigenvalue weighted by molar-refractivity contribution is 0.675. The van der Waals surface area contributed by atoms with E-state index in [-0.39, 0.29) is 6.17 Å². The standard InChI is InChI=1S/C47H31N3/c1-3-15-33(16-4-1)45-48-46(34-17-5-2-6-18-34)50-47(49-45)44-39-22-12-11-21-38(39)42(43-37-20-10-8-14-31(37)27-28-40(43)44)35-26-25-32-24-23-30-13-7-9-19-36(30)41(32)29-35/h1-29,45H,(H,48,49,50). The quantitative estimate of drug-likeness (QED) is 0.151. The highest BCUT2D eigenvalue weighted by atomic mass is 15.2. The molecule has 3 heteroatoms. The number of nitrogens with one attached hydrogen (secondary N) is 1. The minimum atomic E-state index is -0.290. The van der Waals surface area contributed by atoms with Crippen LogP contribution < -0.4 is 5.32 Å². The highest BCUT2D eigenvalue weighted by molar-refractivity contribution is 6.32. The Morgan fingerprint density at radius 2 is 0.960 bits per heavy atom. The van der Waals surface area contributed by atoms with E-state index in [1.165, 1.54) is 54.2 Å². The van der Waals surface area contributed by atoms with Crippen LogP contribution >= 0.6 is 0 Å². The maximum atomic E-state index is 5.31. The van der Waals surface area contributed by atoms with Crippen molar-refractivity contribution in [1.29, 1.82) is 0 Å². The molecular weight excluding hydrogens is 607 g/mol. The molecule has 0 spiro atoms. The van der Waals surface area contributed by atoms with E-state index in [2.05, 4.69) is 157 Å². The van der Waals surface area contributed by atoms with Gasteiger partial charge in [-0.25, -0.2) is 9.98 Å². The molecule has 0 radical (unpaired) electrons. The maximum Gasteiger partial charge on any atom is 0.159 e. The van der Waals surface area contributed by atoms with E-state index in [0.29, 0.717) is 0 Å². The fourth-order valence-corrected chi connectivity index (χ4v) is 7.76. The Kier molecular flexibility index (Phi) is 6.56. The number of amidine groups is 2. The Hall–Kier alpha value is -6.58. The minimum Gasteiger partial charge on any atom is -0.344 e. The van der Waals surface area contributed by atoms with Gasteiger partial charge in [-0.15, -0.1) is 0 Å². The SMILES string of the molecule is c1ccc(C2=NC(c3ccccc3)NC(c3c4ccccc4c(-c4ccc5ccc6ccccc6c5c4)c4c3ccc3ccccc34)=N2)cc1. The summed E-state index contributed by atoms with van der Waals surface area (Å²) in [5, 5.41) is 15.9. The monoisotopic (exact) mass is 637 g/mol. The van der Waals surface area contributed by atoms with Crippen molar-refractivity contribution < 1.29 is 0 Å². The highest BCUT2D eigenvalue weighted by Gasteiger charge is 2.26. The van der Waals surface area contributed by atoms with Gasteiger partial charge in [-0.1, -0.05) is 170 Å². The first-order valence-corrected chi connectivity index (χ1v) is 17.1. The molecule has 9 aromatic rings. The van der Waals surface area contributed by atoms with Crippen molar-refractivity contribution in [1.82, 2.24) is 5.32 Å². The number of benzene rings is 9. The smallest absolute Gasteiger partial charge is 0.159 e. The van der Waals surface area contributed by atoms with Gasteiger partial charge < -0.3 is 5.32 Å². The summed E-state index contributed by atoms with van der Waals surface area (Å²) in [6.45, 7) is 0. The molecule has 0 fully saturated rings. The highest BCUT2D eigenvalue weighted by Crippen LogP contribution is 2.44.